The average Bonchev–Trinajstić information content (AvgIpc) is 2.89. The zero-order valence-electron chi connectivity index (χ0n) is 11.3. The van der Waals surface area contributed by atoms with Gasteiger partial charge in [0.05, 0.1) is 6.54 Å². The van der Waals surface area contributed by atoms with Gasteiger partial charge >= 0.3 is 0 Å². The molecule has 5 nitrogen and oxygen atoms in total. The largest absolute Gasteiger partial charge is 0.294 e. The summed E-state index contributed by atoms with van der Waals surface area (Å²) in [7, 11) is 0. The lowest BCUT2D eigenvalue weighted by atomic mass is 10.2. The molecule has 0 spiro atoms. The fraction of sp³-hybridized carbons (Fsp3) is 0.214. The van der Waals surface area contributed by atoms with Crippen LogP contribution in [0.1, 0.15) is 12.5 Å². The number of benzene rings is 1. The van der Waals surface area contributed by atoms with Crippen molar-refractivity contribution in [2.45, 2.75) is 20.0 Å². The summed E-state index contributed by atoms with van der Waals surface area (Å²) in [6.07, 6.45) is 3.00. The number of aromatic nitrogens is 4. The van der Waals surface area contributed by atoms with Gasteiger partial charge in [0.1, 0.15) is 17.5 Å². The lowest BCUT2D eigenvalue weighted by Crippen LogP contribution is -2.21. The summed E-state index contributed by atoms with van der Waals surface area (Å²) in [4.78, 5) is 16.5. The standard InChI is InChI=1S/C14H12ClFN4O/c1-2-20-7-10-13(18-20)17-8-19(14(10)21)6-9-11(15)4-3-5-12(9)16/h3-5,7-8H,2,6H2,1H3. The van der Waals surface area contributed by atoms with Crippen molar-refractivity contribution >= 4 is 22.6 Å². The van der Waals surface area contributed by atoms with Crippen LogP contribution in [0.4, 0.5) is 4.39 Å². The van der Waals surface area contributed by atoms with Gasteiger partial charge in [-0.15, -0.1) is 0 Å². The lowest BCUT2D eigenvalue weighted by molar-refractivity contribution is 0.595. The predicted octanol–water partition coefficient (Wildman–Crippen LogP) is 2.45. The number of nitrogens with zero attached hydrogens (tertiary/aromatic N) is 4. The molecule has 0 aliphatic rings. The molecule has 21 heavy (non-hydrogen) atoms. The second-order valence-corrected chi connectivity index (χ2v) is 5.01. The highest BCUT2D eigenvalue weighted by molar-refractivity contribution is 6.31. The number of hydrogen-bond acceptors (Lipinski definition) is 3. The SMILES string of the molecule is CCn1cc2c(=O)n(Cc3c(F)cccc3Cl)cnc2n1. The number of aryl methyl sites for hydroxylation is 1. The molecular formula is C14H12ClFN4O. The van der Waals surface area contributed by atoms with E-state index in [2.05, 4.69) is 10.1 Å². The summed E-state index contributed by atoms with van der Waals surface area (Å²) in [5, 5.41) is 4.86. The molecule has 108 valence electrons. The molecule has 0 unspecified atom stereocenters. The third kappa shape index (κ3) is 2.42. The van der Waals surface area contributed by atoms with E-state index in [1.807, 2.05) is 6.92 Å². The van der Waals surface area contributed by atoms with E-state index in [1.165, 1.54) is 23.0 Å². The van der Waals surface area contributed by atoms with Crippen LogP contribution in [0.3, 0.4) is 0 Å². The third-order valence-electron chi connectivity index (χ3n) is 3.27. The van der Waals surface area contributed by atoms with E-state index >= 15 is 0 Å². The molecule has 0 fully saturated rings. The molecule has 0 radical (unpaired) electrons. The fourth-order valence-electron chi connectivity index (χ4n) is 2.12. The van der Waals surface area contributed by atoms with Crippen LogP contribution in [0.2, 0.25) is 5.02 Å². The summed E-state index contributed by atoms with van der Waals surface area (Å²) >= 11 is 5.98. The van der Waals surface area contributed by atoms with Gasteiger partial charge in [-0.2, -0.15) is 5.10 Å². The van der Waals surface area contributed by atoms with E-state index in [0.29, 0.717) is 17.6 Å². The quantitative estimate of drug-likeness (QED) is 0.747. The van der Waals surface area contributed by atoms with Gasteiger partial charge < -0.3 is 0 Å². The minimum absolute atomic E-state index is 0.0323. The number of halogens is 2. The Balaban J connectivity index is 2.09. The van der Waals surface area contributed by atoms with Crippen LogP contribution in [-0.4, -0.2) is 19.3 Å². The van der Waals surface area contributed by atoms with Crippen LogP contribution in [-0.2, 0) is 13.1 Å². The Morgan fingerprint density at radius 1 is 1.38 bits per heavy atom. The van der Waals surface area contributed by atoms with Crippen LogP contribution in [0.25, 0.3) is 11.0 Å². The van der Waals surface area contributed by atoms with Gasteiger partial charge in [0, 0.05) is 23.3 Å². The van der Waals surface area contributed by atoms with E-state index in [0.717, 1.165) is 0 Å². The summed E-state index contributed by atoms with van der Waals surface area (Å²) < 4.78 is 16.8. The molecule has 0 atom stereocenters. The van der Waals surface area contributed by atoms with E-state index in [1.54, 1.807) is 16.9 Å². The Labute approximate surface area is 124 Å². The van der Waals surface area contributed by atoms with E-state index < -0.39 is 5.82 Å². The van der Waals surface area contributed by atoms with Crippen molar-refractivity contribution in [3.63, 3.8) is 0 Å². The minimum Gasteiger partial charge on any atom is -0.294 e. The van der Waals surface area contributed by atoms with Crippen molar-refractivity contribution in [1.82, 2.24) is 19.3 Å². The molecule has 0 saturated carbocycles. The first-order chi connectivity index (χ1) is 10.1. The van der Waals surface area contributed by atoms with Gasteiger partial charge in [-0.1, -0.05) is 17.7 Å². The molecule has 0 saturated heterocycles. The van der Waals surface area contributed by atoms with Gasteiger partial charge in [0.25, 0.3) is 5.56 Å². The van der Waals surface area contributed by atoms with Crippen LogP contribution < -0.4 is 5.56 Å². The average molecular weight is 307 g/mol. The third-order valence-corrected chi connectivity index (χ3v) is 3.62. The second-order valence-electron chi connectivity index (χ2n) is 4.60. The molecule has 1 aromatic carbocycles. The Bertz CT molecular complexity index is 851. The first-order valence-electron chi connectivity index (χ1n) is 6.45. The topological polar surface area (TPSA) is 52.7 Å². The molecule has 0 amide bonds. The lowest BCUT2D eigenvalue weighted by Gasteiger charge is -2.07. The van der Waals surface area contributed by atoms with E-state index in [-0.39, 0.29) is 22.7 Å². The molecule has 0 aliphatic heterocycles. The summed E-state index contributed by atoms with van der Waals surface area (Å²) in [5.74, 6) is -0.446. The Morgan fingerprint density at radius 2 is 2.19 bits per heavy atom. The molecular weight excluding hydrogens is 295 g/mol. The molecule has 2 heterocycles. The van der Waals surface area contributed by atoms with Gasteiger partial charge in [-0.3, -0.25) is 14.0 Å². The minimum atomic E-state index is -0.446. The predicted molar refractivity (Wildman–Crippen MR) is 78.0 cm³/mol. The molecule has 3 rings (SSSR count). The second kappa shape index (κ2) is 5.29. The maximum Gasteiger partial charge on any atom is 0.264 e. The van der Waals surface area contributed by atoms with Crippen molar-refractivity contribution in [2.24, 2.45) is 0 Å². The number of hydrogen-bond donors (Lipinski definition) is 0. The van der Waals surface area contributed by atoms with Crippen molar-refractivity contribution in [1.29, 1.82) is 0 Å². The molecule has 0 N–H and O–H groups in total. The molecule has 3 aromatic rings. The number of rotatable bonds is 3. The number of fused-ring (bicyclic) bond motifs is 1. The first kappa shape index (κ1) is 13.8. The molecule has 2 aromatic heterocycles. The van der Waals surface area contributed by atoms with E-state index in [9.17, 15) is 9.18 Å². The van der Waals surface area contributed by atoms with Gasteiger partial charge in [0.15, 0.2) is 5.65 Å². The van der Waals surface area contributed by atoms with Crippen molar-refractivity contribution in [3.05, 3.63) is 57.5 Å². The maximum atomic E-state index is 13.8. The normalized spacial score (nSPS) is 11.2. The highest BCUT2D eigenvalue weighted by Crippen LogP contribution is 2.19. The van der Waals surface area contributed by atoms with Crippen LogP contribution in [0.15, 0.2) is 35.5 Å². The van der Waals surface area contributed by atoms with Crippen molar-refractivity contribution in [3.8, 4) is 0 Å². The highest BCUT2D eigenvalue weighted by atomic mass is 35.5. The smallest absolute Gasteiger partial charge is 0.264 e. The first-order valence-corrected chi connectivity index (χ1v) is 6.83. The van der Waals surface area contributed by atoms with Gasteiger partial charge in [-0.05, 0) is 19.1 Å². The van der Waals surface area contributed by atoms with Crippen LogP contribution in [0, 0.1) is 5.82 Å². The monoisotopic (exact) mass is 306 g/mol. The van der Waals surface area contributed by atoms with Crippen molar-refractivity contribution in [2.75, 3.05) is 0 Å². The Kier molecular flexibility index (Phi) is 3.47. The van der Waals surface area contributed by atoms with Gasteiger partial charge in [0.2, 0.25) is 0 Å². The summed E-state index contributed by atoms with van der Waals surface area (Å²) in [6, 6.07) is 4.43. The summed E-state index contributed by atoms with van der Waals surface area (Å²) in [5.41, 5.74) is 0.391. The Morgan fingerprint density at radius 3 is 2.90 bits per heavy atom. The molecule has 0 aliphatic carbocycles. The van der Waals surface area contributed by atoms with Crippen molar-refractivity contribution < 1.29 is 4.39 Å². The van der Waals surface area contributed by atoms with Crippen LogP contribution in [0.5, 0.6) is 0 Å². The Hall–Kier alpha value is -2.21. The molecule has 7 heteroatoms. The summed E-state index contributed by atoms with van der Waals surface area (Å²) in [6.45, 7) is 2.60. The zero-order valence-corrected chi connectivity index (χ0v) is 12.0. The van der Waals surface area contributed by atoms with Gasteiger partial charge in [-0.25, -0.2) is 9.37 Å². The zero-order chi connectivity index (χ0) is 15.0. The fourth-order valence-corrected chi connectivity index (χ4v) is 2.34. The highest BCUT2D eigenvalue weighted by Gasteiger charge is 2.12. The van der Waals surface area contributed by atoms with Crippen LogP contribution >= 0.6 is 11.6 Å². The van der Waals surface area contributed by atoms with E-state index in [4.69, 9.17) is 11.6 Å². The molecule has 0 bridgehead atoms. The maximum absolute atomic E-state index is 13.8.